The molecule has 94 valence electrons. The van der Waals surface area contributed by atoms with E-state index in [1.807, 2.05) is 0 Å². The van der Waals surface area contributed by atoms with Crippen molar-refractivity contribution < 1.29 is 4.39 Å². The first-order valence-electron chi connectivity index (χ1n) is 6.09. The first kappa shape index (κ1) is 12.7. The molecule has 1 aliphatic carbocycles. The van der Waals surface area contributed by atoms with E-state index in [9.17, 15) is 4.39 Å². The van der Waals surface area contributed by atoms with E-state index < -0.39 is 0 Å². The van der Waals surface area contributed by atoms with Gasteiger partial charge in [-0.1, -0.05) is 32.4 Å². The Morgan fingerprint density at radius 1 is 1.35 bits per heavy atom. The van der Waals surface area contributed by atoms with E-state index in [1.54, 1.807) is 6.07 Å². The summed E-state index contributed by atoms with van der Waals surface area (Å²) in [5.41, 5.74) is 1.21. The van der Waals surface area contributed by atoms with Gasteiger partial charge in [0.15, 0.2) is 0 Å². The molecule has 1 aromatic rings. The fourth-order valence-electron chi connectivity index (χ4n) is 2.89. The van der Waals surface area contributed by atoms with Crippen LogP contribution in [0.2, 0.25) is 5.02 Å². The molecule has 1 saturated carbocycles. The van der Waals surface area contributed by atoms with Crippen molar-refractivity contribution in [1.29, 1.82) is 0 Å². The van der Waals surface area contributed by atoms with Gasteiger partial charge in [-0.05, 0) is 42.4 Å². The van der Waals surface area contributed by atoms with Gasteiger partial charge >= 0.3 is 0 Å². The van der Waals surface area contributed by atoms with E-state index in [2.05, 4.69) is 26.1 Å². The highest BCUT2D eigenvalue weighted by molar-refractivity contribution is 6.33. The van der Waals surface area contributed by atoms with Crippen molar-refractivity contribution in [1.82, 2.24) is 0 Å². The first-order valence-corrected chi connectivity index (χ1v) is 6.47. The third-order valence-corrected chi connectivity index (χ3v) is 3.92. The second-order valence-electron chi connectivity index (χ2n) is 5.92. The quantitative estimate of drug-likeness (QED) is 0.807. The Hall–Kier alpha value is -0.760. The minimum atomic E-state index is -0.291. The normalized spacial score (nSPS) is 27.1. The monoisotopic (exact) mass is 255 g/mol. The van der Waals surface area contributed by atoms with Crippen LogP contribution < -0.4 is 5.32 Å². The predicted octanol–water partition coefficient (Wildman–Crippen LogP) is 4.72. The van der Waals surface area contributed by atoms with E-state index >= 15 is 0 Å². The maximum Gasteiger partial charge on any atom is 0.124 e. The molecule has 0 aliphatic heterocycles. The summed E-state index contributed by atoms with van der Waals surface area (Å²) in [5, 5.41) is 3.90. The summed E-state index contributed by atoms with van der Waals surface area (Å²) >= 11 is 6.02. The summed E-state index contributed by atoms with van der Waals surface area (Å²) in [7, 11) is 0. The van der Waals surface area contributed by atoms with Gasteiger partial charge in [0.2, 0.25) is 0 Å². The molecule has 0 aromatic heterocycles. The SMILES string of the molecule is CC1CC(C)(C)CC1Nc1ccc(F)cc1Cl. The number of halogens is 2. The van der Waals surface area contributed by atoms with Gasteiger partial charge in [-0.3, -0.25) is 0 Å². The van der Waals surface area contributed by atoms with Gasteiger partial charge in [0.25, 0.3) is 0 Å². The van der Waals surface area contributed by atoms with E-state index in [4.69, 9.17) is 11.6 Å². The van der Waals surface area contributed by atoms with E-state index in [-0.39, 0.29) is 5.82 Å². The third kappa shape index (κ3) is 2.92. The van der Waals surface area contributed by atoms with Crippen LogP contribution >= 0.6 is 11.6 Å². The second-order valence-corrected chi connectivity index (χ2v) is 6.33. The van der Waals surface area contributed by atoms with Crippen LogP contribution in [-0.4, -0.2) is 6.04 Å². The highest BCUT2D eigenvalue weighted by Crippen LogP contribution is 2.42. The lowest BCUT2D eigenvalue weighted by Gasteiger charge is -2.20. The molecular formula is C14H19ClFN. The topological polar surface area (TPSA) is 12.0 Å². The van der Waals surface area contributed by atoms with E-state index in [0.29, 0.717) is 22.4 Å². The minimum Gasteiger partial charge on any atom is -0.381 e. The van der Waals surface area contributed by atoms with Gasteiger partial charge in [0, 0.05) is 6.04 Å². The average molecular weight is 256 g/mol. The maximum absolute atomic E-state index is 12.9. The van der Waals surface area contributed by atoms with Crippen molar-refractivity contribution in [2.24, 2.45) is 11.3 Å². The molecule has 1 N–H and O–H groups in total. The van der Waals surface area contributed by atoms with Crippen molar-refractivity contribution in [3.05, 3.63) is 29.0 Å². The molecule has 3 heteroatoms. The van der Waals surface area contributed by atoms with Crippen LogP contribution in [0.15, 0.2) is 18.2 Å². The van der Waals surface area contributed by atoms with E-state index in [0.717, 1.165) is 12.1 Å². The van der Waals surface area contributed by atoms with Gasteiger partial charge in [0.1, 0.15) is 5.82 Å². The van der Waals surface area contributed by atoms with Gasteiger partial charge < -0.3 is 5.32 Å². The highest BCUT2D eigenvalue weighted by Gasteiger charge is 2.36. The fourth-order valence-corrected chi connectivity index (χ4v) is 3.12. The van der Waals surface area contributed by atoms with Crippen LogP contribution in [0.1, 0.15) is 33.6 Å². The zero-order chi connectivity index (χ0) is 12.6. The average Bonchev–Trinajstić information content (AvgIpc) is 2.44. The summed E-state index contributed by atoms with van der Waals surface area (Å²) in [6.45, 7) is 6.83. The summed E-state index contributed by atoms with van der Waals surface area (Å²) in [6, 6.07) is 4.94. The fraction of sp³-hybridized carbons (Fsp3) is 0.571. The molecule has 1 aromatic carbocycles. The molecule has 1 fully saturated rings. The number of benzene rings is 1. The largest absolute Gasteiger partial charge is 0.381 e. The van der Waals surface area contributed by atoms with Gasteiger partial charge in [-0.15, -0.1) is 0 Å². The van der Waals surface area contributed by atoms with Gasteiger partial charge in [-0.25, -0.2) is 4.39 Å². The molecule has 0 spiro atoms. The first-order chi connectivity index (χ1) is 7.87. The molecule has 2 atom stereocenters. The Balaban J connectivity index is 2.11. The summed E-state index contributed by atoms with van der Waals surface area (Å²) in [5.74, 6) is 0.325. The van der Waals surface area contributed by atoms with E-state index in [1.165, 1.54) is 18.6 Å². The van der Waals surface area contributed by atoms with Crippen LogP contribution in [0.25, 0.3) is 0 Å². The van der Waals surface area contributed by atoms with Crippen LogP contribution in [0, 0.1) is 17.2 Å². The molecule has 1 nitrogen and oxygen atoms in total. The second kappa shape index (κ2) is 4.49. The molecule has 2 unspecified atom stereocenters. The lowest BCUT2D eigenvalue weighted by Crippen LogP contribution is -2.22. The molecule has 1 aliphatic rings. The van der Waals surface area contributed by atoms with Crippen LogP contribution in [0.4, 0.5) is 10.1 Å². The summed E-state index contributed by atoms with van der Waals surface area (Å²) in [4.78, 5) is 0. The molecule has 0 saturated heterocycles. The maximum atomic E-state index is 12.9. The van der Waals surface area contributed by atoms with Gasteiger partial charge in [-0.2, -0.15) is 0 Å². The molecule has 2 rings (SSSR count). The zero-order valence-electron chi connectivity index (χ0n) is 10.6. The molecule has 0 radical (unpaired) electrons. The van der Waals surface area contributed by atoms with Gasteiger partial charge in [0.05, 0.1) is 10.7 Å². The number of rotatable bonds is 2. The number of hydrogen-bond acceptors (Lipinski definition) is 1. The molecule has 0 heterocycles. The highest BCUT2D eigenvalue weighted by atomic mass is 35.5. The lowest BCUT2D eigenvalue weighted by molar-refractivity contribution is 0.366. The summed E-state index contributed by atoms with van der Waals surface area (Å²) < 4.78 is 12.9. The van der Waals surface area contributed by atoms with Crippen LogP contribution in [0.5, 0.6) is 0 Å². The Bertz CT molecular complexity index is 417. The zero-order valence-corrected chi connectivity index (χ0v) is 11.3. The Morgan fingerprint density at radius 2 is 2.06 bits per heavy atom. The van der Waals surface area contributed by atoms with Crippen molar-refractivity contribution in [2.75, 3.05) is 5.32 Å². The van der Waals surface area contributed by atoms with Crippen molar-refractivity contribution in [3.63, 3.8) is 0 Å². The number of hydrogen-bond donors (Lipinski definition) is 1. The summed E-state index contributed by atoms with van der Waals surface area (Å²) in [6.07, 6.45) is 2.34. The molecule has 0 bridgehead atoms. The number of nitrogens with one attached hydrogen (secondary N) is 1. The van der Waals surface area contributed by atoms with Crippen molar-refractivity contribution in [2.45, 2.75) is 39.7 Å². The van der Waals surface area contributed by atoms with Crippen LogP contribution in [-0.2, 0) is 0 Å². The third-order valence-electron chi connectivity index (χ3n) is 3.61. The Morgan fingerprint density at radius 3 is 2.59 bits per heavy atom. The predicted molar refractivity (Wildman–Crippen MR) is 71.0 cm³/mol. The standard InChI is InChI=1S/C14H19ClFN/c1-9-7-14(2,3)8-13(9)17-12-5-4-10(16)6-11(12)15/h4-6,9,13,17H,7-8H2,1-3H3. The molecule has 0 amide bonds. The minimum absolute atomic E-state index is 0.291. The Labute approximate surface area is 107 Å². The molecule has 17 heavy (non-hydrogen) atoms. The Kier molecular flexibility index (Phi) is 3.35. The lowest BCUT2D eigenvalue weighted by atomic mass is 9.91. The number of anilines is 1. The molecular weight excluding hydrogens is 237 g/mol. The van der Waals surface area contributed by atoms with Crippen LogP contribution in [0.3, 0.4) is 0 Å². The smallest absolute Gasteiger partial charge is 0.124 e. The van der Waals surface area contributed by atoms with Crippen molar-refractivity contribution >= 4 is 17.3 Å². The van der Waals surface area contributed by atoms with Crippen molar-refractivity contribution in [3.8, 4) is 0 Å².